The van der Waals surface area contributed by atoms with E-state index in [0.717, 1.165) is 32.6 Å². The lowest BCUT2D eigenvalue weighted by atomic mass is 10.0. The van der Waals surface area contributed by atoms with Gasteiger partial charge in [-0.15, -0.1) is 11.8 Å². The summed E-state index contributed by atoms with van der Waals surface area (Å²) in [5, 5.41) is 0. The molecule has 2 rings (SSSR count). The highest BCUT2D eigenvalue weighted by Crippen LogP contribution is 2.20. The van der Waals surface area contributed by atoms with Crippen molar-refractivity contribution in [1.82, 2.24) is 14.7 Å². The van der Waals surface area contributed by atoms with Crippen molar-refractivity contribution in [2.45, 2.75) is 30.2 Å². The topological polar surface area (TPSA) is 26.8 Å². The minimum absolute atomic E-state index is 0.273. The normalized spacial score (nSPS) is 18.4. The van der Waals surface area contributed by atoms with Crippen molar-refractivity contribution in [3.63, 3.8) is 0 Å². The van der Waals surface area contributed by atoms with Crippen LogP contribution in [-0.4, -0.2) is 79.7 Å². The Balaban J connectivity index is 1.76. The zero-order valence-electron chi connectivity index (χ0n) is 15.3. The number of piperidine rings is 1. The first-order chi connectivity index (χ1) is 11.6. The van der Waals surface area contributed by atoms with E-state index < -0.39 is 0 Å². The van der Waals surface area contributed by atoms with Crippen LogP contribution in [0.2, 0.25) is 0 Å². The van der Waals surface area contributed by atoms with E-state index in [4.69, 9.17) is 0 Å². The molecule has 1 atom stereocenters. The van der Waals surface area contributed by atoms with Gasteiger partial charge in [-0.25, -0.2) is 0 Å². The summed E-state index contributed by atoms with van der Waals surface area (Å²) in [5.41, 5.74) is 0. The average Bonchev–Trinajstić information content (AvgIpc) is 2.60. The predicted molar refractivity (Wildman–Crippen MR) is 103 cm³/mol. The number of carbonyl (C=O) groups excluding carboxylic acids is 1. The van der Waals surface area contributed by atoms with Crippen LogP contribution in [0, 0.1) is 0 Å². The highest BCUT2D eigenvalue weighted by atomic mass is 32.2. The SMILES string of the molecule is CN(C)CCCN(C)C1CCCN(C(=O)CSc2ccccc2)C1. The molecule has 1 aromatic rings. The Morgan fingerprint density at radius 1 is 1.21 bits per heavy atom. The largest absolute Gasteiger partial charge is 0.340 e. The number of amides is 1. The van der Waals surface area contributed by atoms with Crippen LogP contribution in [0.1, 0.15) is 19.3 Å². The molecule has 0 aromatic heterocycles. The van der Waals surface area contributed by atoms with Crippen LogP contribution in [-0.2, 0) is 4.79 Å². The van der Waals surface area contributed by atoms with Gasteiger partial charge in [-0.2, -0.15) is 0 Å². The molecule has 1 fully saturated rings. The molecule has 0 bridgehead atoms. The fourth-order valence-electron chi connectivity index (χ4n) is 3.11. The van der Waals surface area contributed by atoms with Gasteiger partial charge in [0.2, 0.25) is 5.91 Å². The molecule has 4 nitrogen and oxygen atoms in total. The van der Waals surface area contributed by atoms with Crippen molar-refractivity contribution in [2.75, 3.05) is 53.1 Å². The average molecular weight is 350 g/mol. The third-order valence-electron chi connectivity index (χ3n) is 4.59. The van der Waals surface area contributed by atoms with Gasteiger partial charge in [0.05, 0.1) is 5.75 Å². The van der Waals surface area contributed by atoms with Gasteiger partial charge in [0.25, 0.3) is 0 Å². The number of benzene rings is 1. The second kappa shape index (κ2) is 10.1. The summed E-state index contributed by atoms with van der Waals surface area (Å²) in [6, 6.07) is 10.7. The van der Waals surface area contributed by atoms with Gasteiger partial charge in [-0.3, -0.25) is 4.79 Å². The number of hydrogen-bond acceptors (Lipinski definition) is 4. The Morgan fingerprint density at radius 3 is 2.67 bits per heavy atom. The minimum Gasteiger partial charge on any atom is -0.340 e. The number of thioether (sulfide) groups is 1. The van der Waals surface area contributed by atoms with Crippen LogP contribution in [0.5, 0.6) is 0 Å². The van der Waals surface area contributed by atoms with E-state index in [9.17, 15) is 4.79 Å². The van der Waals surface area contributed by atoms with Gasteiger partial charge in [0, 0.05) is 24.0 Å². The number of likely N-dealkylation sites (tertiary alicyclic amines) is 1. The molecule has 1 aliphatic heterocycles. The molecule has 5 heteroatoms. The van der Waals surface area contributed by atoms with Gasteiger partial charge in [0.15, 0.2) is 0 Å². The van der Waals surface area contributed by atoms with E-state index in [1.165, 1.54) is 17.7 Å². The fraction of sp³-hybridized carbons (Fsp3) is 0.632. The van der Waals surface area contributed by atoms with Crippen LogP contribution >= 0.6 is 11.8 Å². The van der Waals surface area contributed by atoms with E-state index in [2.05, 4.69) is 48.0 Å². The van der Waals surface area contributed by atoms with Gasteiger partial charge in [0.1, 0.15) is 0 Å². The lowest BCUT2D eigenvalue weighted by Crippen LogP contribution is -2.49. The molecule has 0 spiro atoms. The molecule has 0 radical (unpaired) electrons. The molecule has 1 aromatic carbocycles. The van der Waals surface area contributed by atoms with Crippen LogP contribution in [0.4, 0.5) is 0 Å². The van der Waals surface area contributed by atoms with Crippen molar-refractivity contribution in [2.24, 2.45) is 0 Å². The monoisotopic (exact) mass is 349 g/mol. The molecule has 134 valence electrons. The molecule has 0 N–H and O–H groups in total. The highest BCUT2D eigenvalue weighted by Gasteiger charge is 2.25. The molecule has 0 aliphatic carbocycles. The maximum Gasteiger partial charge on any atom is 0.232 e. The maximum absolute atomic E-state index is 12.5. The van der Waals surface area contributed by atoms with Gasteiger partial charge in [-0.1, -0.05) is 18.2 Å². The molecule has 0 saturated carbocycles. The summed E-state index contributed by atoms with van der Waals surface area (Å²) in [7, 11) is 6.43. The Kier molecular flexibility index (Phi) is 8.09. The Morgan fingerprint density at radius 2 is 1.96 bits per heavy atom. The Hall–Kier alpha value is -1.04. The zero-order valence-corrected chi connectivity index (χ0v) is 16.1. The highest BCUT2D eigenvalue weighted by molar-refractivity contribution is 8.00. The zero-order chi connectivity index (χ0) is 17.4. The van der Waals surface area contributed by atoms with Crippen molar-refractivity contribution in [3.05, 3.63) is 30.3 Å². The Bertz CT molecular complexity index is 495. The molecule has 1 saturated heterocycles. The van der Waals surface area contributed by atoms with Crippen molar-refractivity contribution in [3.8, 4) is 0 Å². The van der Waals surface area contributed by atoms with E-state index in [1.807, 2.05) is 18.2 Å². The lowest BCUT2D eigenvalue weighted by molar-refractivity contribution is -0.130. The molecular formula is C19H31N3OS. The second-order valence-corrected chi connectivity index (χ2v) is 7.92. The third-order valence-corrected chi connectivity index (χ3v) is 5.59. The van der Waals surface area contributed by atoms with Crippen LogP contribution in [0.3, 0.4) is 0 Å². The van der Waals surface area contributed by atoms with Crippen LogP contribution < -0.4 is 0 Å². The minimum atomic E-state index is 0.273. The first-order valence-electron chi connectivity index (χ1n) is 8.87. The van der Waals surface area contributed by atoms with Gasteiger partial charge >= 0.3 is 0 Å². The van der Waals surface area contributed by atoms with Crippen LogP contribution in [0.15, 0.2) is 35.2 Å². The Labute approximate surface area is 151 Å². The number of hydrogen-bond donors (Lipinski definition) is 0. The van der Waals surface area contributed by atoms with E-state index in [-0.39, 0.29) is 5.91 Å². The van der Waals surface area contributed by atoms with E-state index in [0.29, 0.717) is 11.8 Å². The van der Waals surface area contributed by atoms with Crippen molar-refractivity contribution >= 4 is 17.7 Å². The fourth-order valence-corrected chi connectivity index (χ4v) is 3.94. The van der Waals surface area contributed by atoms with Gasteiger partial charge in [-0.05, 0) is 65.6 Å². The third kappa shape index (κ3) is 6.46. The van der Waals surface area contributed by atoms with Crippen molar-refractivity contribution < 1.29 is 4.79 Å². The smallest absolute Gasteiger partial charge is 0.232 e. The first kappa shape index (κ1) is 19.3. The summed E-state index contributed by atoms with van der Waals surface area (Å²) in [5.74, 6) is 0.816. The number of likely N-dealkylation sites (N-methyl/N-ethyl adjacent to an activating group) is 1. The number of nitrogens with zero attached hydrogens (tertiary/aromatic N) is 3. The van der Waals surface area contributed by atoms with Crippen LogP contribution in [0.25, 0.3) is 0 Å². The molecular weight excluding hydrogens is 318 g/mol. The summed E-state index contributed by atoms with van der Waals surface area (Å²) in [6.07, 6.45) is 3.50. The summed E-state index contributed by atoms with van der Waals surface area (Å²) in [4.78, 5) is 20.4. The molecule has 1 amide bonds. The maximum atomic E-state index is 12.5. The summed E-state index contributed by atoms with van der Waals surface area (Å²) < 4.78 is 0. The lowest BCUT2D eigenvalue weighted by Gasteiger charge is -2.37. The van der Waals surface area contributed by atoms with Gasteiger partial charge < -0.3 is 14.7 Å². The van der Waals surface area contributed by atoms with E-state index in [1.54, 1.807) is 11.8 Å². The standard InChI is InChI=1S/C19H31N3OS/c1-20(2)12-8-13-21(3)17-9-7-14-22(15-17)19(23)16-24-18-10-5-4-6-11-18/h4-6,10-11,17H,7-9,12-16H2,1-3H3. The predicted octanol–water partition coefficient (Wildman–Crippen LogP) is 2.65. The quantitative estimate of drug-likeness (QED) is 0.674. The van der Waals surface area contributed by atoms with Crippen molar-refractivity contribution in [1.29, 1.82) is 0 Å². The van der Waals surface area contributed by atoms with E-state index >= 15 is 0 Å². The molecule has 24 heavy (non-hydrogen) atoms. The number of rotatable bonds is 8. The second-order valence-electron chi connectivity index (χ2n) is 6.87. The number of carbonyl (C=O) groups is 1. The first-order valence-corrected chi connectivity index (χ1v) is 9.85. The molecule has 1 aliphatic rings. The molecule has 1 unspecified atom stereocenters. The summed E-state index contributed by atoms with van der Waals surface area (Å²) in [6.45, 7) is 4.01. The molecule has 1 heterocycles. The summed E-state index contributed by atoms with van der Waals surface area (Å²) >= 11 is 1.64.